The van der Waals surface area contributed by atoms with Crippen LogP contribution in [0, 0.1) is 23.3 Å². The molecule has 0 spiro atoms. The first-order chi connectivity index (χ1) is 15.1. The van der Waals surface area contributed by atoms with Crippen LogP contribution in [0.5, 0.6) is 0 Å². The highest BCUT2D eigenvalue weighted by atomic mass is 19.2. The lowest BCUT2D eigenvalue weighted by atomic mass is 10.0. The van der Waals surface area contributed by atoms with E-state index >= 15 is 0 Å². The van der Waals surface area contributed by atoms with Crippen LogP contribution in [0.4, 0.5) is 28.9 Å². The minimum Gasteiger partial charge on any atom is -0.233 e. The molecular formula is C25H14F4N2. The van der Waals surface area contributed by atoms with Crippen molar-refractivity contribution in [3.05, 3.63) is 119 Å². The molecule has 5 rings (SSSR count). The molecule has 31 heavy (non-hydrogen) atoms. The Balaban J connectivity index is 1.82. The summed E-state index contributed by atoms with van der Waals surface area (Å²) in [6, 6.07) is 24.6. The molecule has 0 fully saturated rings. The molecule has 0 bridgehead atoms. The first-order valence-electron chi connectivity index (χ1n) is 9.53. The van der Waals surface area contributed by atoms with Crippen molar-refractivity contribution in [2.45, 2.75) is 0 Å². The number of fused-ring (bicyclic) bond motifs is 3. The van der Waals surface area contributed by atoms with Crippen LogP contribution in [-0.4, -0.2) is 5.71 Å². The molecule has 0 aliphatic heterocycles. The average Bonchev–Trinajstić information content (AvgIpc) is 3.15. The summed E-state index contributed by atoms with van der Waals surface area (Å²) in [4.78, 5) is 0. The number of anilines is 2. The lowest BCUT2D eigenvalue weighted by Crippen LogP contribution is -2.15. The van der Waals surface area contributed by atoms with Gasteiger partial charge in [0.25, 0.3) is 0 Å². The Morgan fingerprint density at radius 1 is 0.484 bits per heavy atom. The minimum absolute atomic E-state index is 0.0219. The van der Waals surface area contributed by atoms with Gasteiger partial charge >= 0.3 is 0 Å². The molecule has 4 aromatic carbocycles. The van der Waals surface area contributed by atoms with Crippen LogP contribution in [0.1, 0.15) is 11.1 Å². The van der Waals surface area contributed by atoms with Crippen molar-refractivity contribution < 1.29 is 17.6 Å². The topological polar surface area (TPSA) is 15.6 Å². The van der Waals surface area contributed by atoms with Gasteiger partial charge in [0.15, 0.2) is 23.3 Å². The van der Waals surface area contributed by atoms with Crippen LogP contribution >= 0.6 is 0 Å². The first-order valence-corrected chi connectivity index (χ1v) is 9.53. The van der Waals surface area contributed by atoms with Gasteiger partial charge in [0.05, 0.1) is 16.9 Å². The zero-order chi connectivity index (χ0) is 21.5. The van der Waals surface area contributed by atoms with E-state index in [4.69, 9.17) is 0 Å². The molecule has 1 aliphatic rings. The molecule has 152 valence electrons. The second-order valence-corrected chi connectivity index (χ2v) is 6.98. The van der Waals surface area contributed by atoms with Crippen LogP contribution in [0.3, 0.4) is 0 Å². The van der Waals surface area contributed by atoms with E-state index in [9.17, 15) is 17.6 Å². The normalized spacial score (nSPS) is 13.2. The molecule has 0 aromatic heterocycles. The van der Waals surface area contributed by atoms with Gasteiger partial charge in [-0.2, -0.15) is 5.10 Å². The molecule has 4 aromatic rings. The zero-order valence-corrected chi connectivity index (χ0v) is 16.0. The second-order valence-electron chi connectivity index (χ2n) is 6.98. The molecule has 0 heterocycles. The van der Waals surface area contributed by atoms with E-state index in [1.807, 2.05) is 36.4 Å². The van der Waals surface area contributed by atoms with Gasteiger partial charge in [-0.1, -0.05) is 60.7 Å². The molecule has 1 aliphatic carbocycles. The number of halogens is 4. The molecule has 0 amide bonds. The molecule has 2 nitrogen and oxygen atoms in total. The van der Waals surface area contributed by atoms with Gasteiger partial charge in [0.1, 0.15) is 5.71 Å². The van der Waals surface area contributed by atoms with E-state index in [-0.39, 0.29) is 16.8 Å². The smallest absolute Gasteiger partial charge is 0.198 e. The molecule has 0 radical (unpaired) electrons. The fraction of sp³-hybridized carbons (Fsp3) is 0. The highest BCUT2D eigenvalue weighted by Gasteiger charge is 2.36. The Bertz CT molecular complexity index is 1280. The van der Waals surface area contributed by atoms with E-state index in [1.54, 1.807) is 47.5 Å². The maximum atomic E-state index is 14.9. The molecular weight excluding hydrogens is 404 g/mol. The number of nitrogens with zero attached hydrogens (tertiary/aromatic N) is 2. The van der Waals surface area contributed by atoms with Crippen molar-refractivity contribution in [1.29, 1.82) is 0 Å². The summed E-state index contributed by atoms with van der Waals surface area (Å²) in [5.74, 6) is -6.60. The molecule has 0 atom stereocenters. The SMILES string of the molecule is Fc1c(F)c(F)c2c(c1F)/C(=N\N(c1ccccc1)c1ccccc1)c1ccccc1-2. The fourth-order valence-electron chi connectivity index (χ4n) is 3.76. The van der Waals surface area contributed by atoms with Crippen molar-refractivity contribution in [1.82, 2.24) is 0 Å². The van der Waals surface area contributed by atoms with Crippen molar-refractivity contribution in [3.63, 3.8) is 0 Å². The number of rotatable bonds is 3. The Hall–Kier alpha value is -3.93. The van der Waals surface area contributed by atoms with Gasteiger partial charge in [0, 0.05) is 11.1 Å². The van der Waals surface area contributed by atoms with Gasteiger partial charge in [-0.25, -0.2) is 22.6 Å². The maximum Gasteiger partial charge on any atom is 0.198 e. The molecule has 0 unspecified atom stereocenters. The van der Waals surface area contributed by atoms with Gasteiger partial charge in [0.2, 0.25) is 0 Å². The van der Waals surface area contributed by atoms with Crippen LogP contribution in [0.15, 0.2) is 90.0 Å². The Morgan fingerprint density at radius 3 is 1.48 bits per heavy atom. The summed E-state index contributed by atoms with van der Waals surface area (Å²) in [5, 5.41) is 6.18. The number of benzene rings is 4. The summed E-state index contributed by atoms with van der Waals surface area (Å²) < 4.78 is 57.8. The highest BCUT2D eigenvalue weighted by Crippen LogP contribution is 2.42. The predicted molar refractivity (Wildman–Crippen MR) is 112 cm³/mol. The predicted octanol–water partition coefficient (Wildman–Crippen LogP) is 6.81. The van der Waals surface area contributed by atoms with E-state index < -0.39 is 28.8 Å². The number of hydrazone groups is 1. The number of para-hydroxylation sites is 2. The van der Waals surface area contributed by atoms with E-state index in [1.165, 1.54) is 6.07 Å². The number of hydrogen-bond donors (Lipinski definition) is 0. The van der Waals surface area contributed by atoms with Crippen LogP contribution in [-0.2, 0) is 0 Å². The summed E-state index contributed by atoms with van der Waals surface area (Å²) in [5.41, 5.74) is 1.27. The molecule has 6 heteroatoms. The summed E-state index contributed by atoms with van der Waals surface area (Å²) in [6.07, 6.45) is 0. The van der Waals surface area contributed by atoms with Gasteiger partial charge in [-0.15, -0.1) is 0 Å². The van der Waals surface area contributed by atoms with Gasteiger partial charge in [-0.05, 0) is 29.8 Å². The summed E-state index contributed by atoms with van der Waals surface area (Å²) in [6.45, 7) is 0. The summed E-state index contributed by atoms with van der Waals surface area (Å²) >= 11 is 0. The van der Waals surface area contributed by atoms with Crippen LogP contribution < -0.4 is 5.01 Å². The lowest BCUT2D eigenvalue weighted by Gasteiger charge is -2.21. The van der Waals surface area contributed by atoms with Crippen LogP contribution in [0.2, 0.25) is 0 Å². The zero-order valence-electron chi connectivity index (χ0n) is 16.0. The third kappa shape index (κ3) is 2.99. The lowest BCUT2D eigenvalue weighted by molar-refractivity contribution is 0.410. The monoisotopic (exact) mass is 418 g/mol. The molecule has 0 saturated heterocycles. The van der Waals surface area contributed by atoms with Crippen molar-refractivity contribution in [2.24, 2.45) is 5.10 Å². The second kappa shape index (κ2) is 7.40. The highest BCUT2D eigenvalue weighted by molar-refractivity contribution is 6.25. The maximum absolute atomic E-state index is 14.9. The third-order valence-electron chi connectivity index (χ3n) is 5.16. The Kier molecular flexibility index (Phi) is 4.55. The largest absolute Gasteiger partial charge is 0.233 e. The first kappa shape index (κ1) is 19.1. The van der Waals surface area contributed by atoms with E-state index in [0.29, 0.717) is 16.9 Å². The quantitative estimate of drug-likeness (QED) is 0.136. The minimum atomic E-state index is -1.86. The van der Waals surface area contributed by atoms with E-state index in [2.05, 4.69) is 5.10 Å². The third-order valence-corrected chi connectivity index (χ3v) is 5.16. The molecule has 0 N–H and O–H groups in total. The van der Waals surface area contributed by atoms with Crippen molar-refractivity contribution >= 4 is 17.1 Å². The molecule has 0 saturated carbocycles. The summed E-state index contributed by atoms with van der Waals surface area (Å²) in [7, 11) is 0. The van der Waals surface area contributed by atoms with Crippen LogP contribution in [0.25, 0.3) is 11.1 Å². The number of hydrogen-bond acceptors (Lipinski definition) is 2. The fourth-order valence-corrected chi connectivity index (χ4v) is 3.76. The Labute approximate surface area is 175 Å². The van der Waals surface area contributed by atoms with Gasteiger partial charge < -0.3 is 0 Å². The average molecular weight is 418 g/mol. The van der Waals surface area contributed by atoms with E-state index in [0.717, 1.165) is 0 Å². The standard InChI is InChI=1S/C25H14F4N2/c26-21-19-17-13-7-8-14-18(17)25(20(19)22(27)24(29)23(21)28)30-31(15-9-3-1-4-10-15)16-11-5-2-6-12-16/h1-14H/b30-25-. The van der Waals surface area contributed by atoms with Gasteiger partial charge in [-0.3, -0.25) is 0 Å². The Morgan fingerprint density at radius 2 is 0.935 bits per heavy atom. The van der Waals surface area contributed by atoms with Crippen molar-refractivity contribution in [2.75, 3.05) is 5.01 Å². The van der Waals surface area contributed by atoms with Crippen molar-refractivity contribution in [3.8, 4) is 11.1 Å².